The third-order valence-electron chi connectivity index (χ3n) is 5.04. The molecule has 2 aromatic carbocycles. The number of nitrogens with one attached hydrogen (secondary N) is 2. The standard InChI is InChI=1S/C21H25N3O5/c1-5-13(15-10-9-11(2)29-15)22-16-17(20(27)19(16)26)23-14-8-6-7-12(18(14)25)21(28)24(3)4/h6-9,13,15,22-23,25H,5,10H2,1-4H3/t13-,15?/m1/s1. The van der Waals surface area contributed by atoms with Gasteiger partial charge >= 0.3 is 0 Å². The van der Waals surface area contributed by atoms with E-state index >= 15 is 0 Å². The Bertz CT molecular complexity index is 1030. The van der Waals surface area contributed by atoms with Crippen molar-refractivity contribution in [3.63, 3.8) is 0 Å². The number of carbonyl (C=O) groups is 1. The number of nitrogens with zero attached hydrogens (tertiary/aromatic N) is 1. The van der Waals surface area contributed by atoms with Gasteiger partial charge in [0.15, 0.2) is 5.75 Å². The van der Waals surface area contributed by atoms with Crippen LogP contribution in [-0.2, 0) is 4.74 Å². The summed E-state index contributed by atoms with van der Waals surface area (Å²) in [7, 11) is 3.15. The molecule has 29 heavy (non-hydrogen) atoms. The van der Waals surface area contributed by atoms with Gasteiger partial charge in [0, 0.05) is 20.5 Å². The molecule has 1 amide bonds. The highest BCUT2D eigenvalue weighted by atomic mass is 16.5. The molecule has 2 aromatic rings. The number of phenolic OH excluding ortho intramolecular Hbond substituents is 1. The Labute approximate surface area is 168 Å². The second-order valence-corrected chi connectivity index (χ2v) is 7.30. The number of phenols is 1. The van der Waals surface area contributed by atoms with E-state index in [0.717, 1.165) is 12.2 Å². The number of carbonyl (C=O) groups excluding carboxylic acids is 1. The minimum Gasteiger partial charge on any atom is -0.505 e. The Hall–Kier alpha value is -3.29. The van der Waals surface area contributed by atoms with E-state index < -0.39 is 10.9 Å². The fourth-order valence-corrected chi connectivity index (χ4v) is 3.35. The highest BCUT2D eigenvalue weighted by molar-refractivity contribution is 5.99. The fraction of sp³-hybridized carbons (Fsp3) is 0.381. The minimum atomic E-state index is -0.673. The highest BCUT2D eigenvalue weighted by Crippen LogP contribution is 2.32. The molecule has 0 radical (unpaired) electrons. The van der Waals surface area contributed by atoms with Crippen LogP contribution < -0.4 is 21.5 Å². The van der Waals surface area contributed by atoms with Crippen LogP contribution >= 0.6 is 0 Å². The van der Waals surface area contributed by atoms with Crippen LogP contribution in [0.25, 0.3) is 0 Å². The maximum Gasteiger partial charge on any atom is 0.257 e. The third kappa shape index (κ3) is 3.83. The number of hydrogen-bond acceptors (Lipinski definition) is 7. The lowest BCUT2D eigenvalue weighted by Crippen LogP contribution is -2.42. The lowest BCUT2D eigenvalue weighted by Gasteiger charge is -2.26. The lowest BCUT2D eigenvalue weighted by atomic mass is 10.0. The molecule has 0 fully saturated rings. The van der Waals surface area contributed by atoms with Crippen molar-refractivity contribution in [1.82, 2.24) is 4.90 Å². The van der Waals surface area contributed by atoms with Gasteiger partial charge in [-0.25, -0.2) is 0 Å². The molecule has 8 heteroatoms. The number of rotatable bonds is 7. The van der Waals surface area contributed by atoms with Crippen molar-refractivity contribution < 1.29 is 14.6 Å². The van der Waals surface area contributed by atoms with Gasteiger partial charge in [0.2, 0.25) is 0 Å². The third-order valence-corrected chi connectivity index (χ3v) is 5.04. The molecule has 3 rings (SSSR count). The van der Waals surface area contributed by atoms with Gasteiger partial charge in [-0.2, -0.15) is 0 Å². The molecule has 8 nitrogen and oxygen atoms in total. The van der Waals surface area contributed by atoms with Crippen LogP contribution in [0.15, 0.2) is 39.6 Å². The fourth-order valence-electron chi connectivity index (χ4n) is 3.35. The number of para-hydroxylation sites is 1. The summed E-state index contributed by atoms with van der Waals surface area (Å²) in [6.07, 6.45) is 3.29. The summed E-state index contributed by atoms with van der Waals surface area (Å²) in [5.74, 6) is 0.184. The van der Waals surface area contributed by atoms with Crippen molar-refractivity contribution in [3.05, 3.63) is 56.0 Å². The second-order valence-electron chi connectivity index (χ2n) is 7.30. The summed E-state index contributed by atoms with van der Waals surface area (Å²) in [5.41, 5.74) is -0.780. The van der Waals surface area contributed by atoms with Gasteiger partial charge in [-0.3, -0.25) is 14.4 Å². The van der Waals surface area contributed by atoms with Crippen LogP contribution in [0, 0.1) is 0 Å². The van der Waals surface area contributed by atoms with Gasteiger partial charge in [0.05, 0.1) is 23.1 Å². The second kappa shape index (κ2) is 7.98. The molecular weight excluding hydrogens is 374 g/mol. The normalized spacial score (nSPS) is 16.8. The van der Waals surface area contributed by atoms with E-state index in [-0.39, 0.29) is 46.4 Å². The SMILES string of the molecule is CC[C@@H](Nc1c(Nc2cccc(C(=O)N(C)C)c2O)c(=O)c1=O)C1CC=C(C)O1. The summed E-state index contributed by atoms with van der Waals surface area (Å²) in [6.45, 7) is 3.84. The largest absolute Gasteiger partial charge is 0.505 e. The van der Waals surface area contributed by atoms with E-state index in [4.69, 9.17) is 4.74 Å². The van der Waals surface area contributed by atoms with E-state index in [0.29, 0.717) is 6.42 Å². The summed E-state index contributed by atoms with van der Waals surface area (Å²) in [6, 6.07) is 4.47. The van der Waals surface area contributed by atoms with Crippen molar-refractivity contribution in [3.8, 4) is 5.75 Å². The van der Waals surface area contributed by atoms with E-state index in [1.807, 2.05) is 19.9 Å². The molecule has 0 saturated heterocycles. The van der Waals surface area contributed by atoms with Crippen molar-refractivity contribution >= 4 is 23.0 Å². The molecule has 2 atom stereocenters. The molecule has 0 spiro atoms. The van der Waals surface area contributed by atoms with Crippen LogP contribution in [0.1, 0.15) is 37.0 Å². The van der Waals surface area contributed by atoms with Crippen molar-refractivity contribution in [1.29, 1.82) is 0 Å². The summed E-state index contributed by atoms with van der Waals surface area (Å²) in [4.78, 5) is 37.8. The zero-order valence-electron chi connectivity index (χ0n) is 16.9. The van der Waals surface area contributed by atoms with Crippen LogP contribution in [0.2, 0.25) is 0 Å². The zero-order valence-corrected chi connectivity index (χ0v) is 16.9. The number of allylic oxidation sites excluding steroid dienone is 1. The minimum absolute atomic E-state index is 0.0703. The van der Waals surface area contributed by atoms with E-state index in [2.05, 4.69) is 10.6 Å². The van der Waals surface area contributed by atoms with Gasteiger partial charge in [0.1, 0.15) is 17.5 Å². The Kier molecular flexibility index (Phi) is 5.63. The molecule has 0 saturated carbocycles. The van der Waals surface area contributed by atoms with Crippen LogP contribution in [-0.4, -0.2) is 42.2 Å². The molecule has 154 valence electrons. The van der Waals surface area contributed by atoms with E-state index in [1.54, 1.807) is 20.2 Å². The van der Waals surface area contributed by atoms with Gasteiger partial charge in [0.25, 0.3) is 16.8 Å². The predicted octanol–water partition coefficient (Wildman–Crippen LogP) is 2.32. The predicted molar refractivity (Wildman–Crippen MR) is 112 cm³/mol. The van der Waals surface area contributed by atoms with Crippen LogP contribution in [0.3, 0.4) is 0 Å². The number of hydrogen-bond donors (Lipinski definition) is 3. The quantitative estimate of drug-likeness (QED) is 0.484. The van der Waals surface area contributed by atoms with Gasteiger partial charge in [-0.15, -0.1) is 0 Å². The lowest BCUT2D eigenvalue weighted by molar-refractivity contribution is 0.0824. The average Bonchev–Trinajstić information content (AvgIpc) is 3.13. The molecule has 3 N–H and O–H groups in total. The van der Waals surface area contributed by atoms with Gasteiger partial charge in [-0.1, -0.05) is 13.0 Å². The first-order valence-electron chi connectivity index (χ1n) is 9.48. The van der Waals surface area contributed by atoms with Crippen molar-refractivity contribution in [2.75, 3.05) is 24.7 Å². The number of ether oxygens (including phenoxy) is 1. The molecule has 0 aliphatic carbocycles. The number of aromatic hydroxyl groups is 1. The van der Waals surface area contributed by atoms with Crippen LogP contribution in [0.5, 0.6) is 5.75 Å². The smallest absolute Gasteiger partial charge is 0.257 e. The molecule has 1 heterocycles. The molecular formula is C21H25N3O5. The molecule has 1 aliphatic heterocycles. The maximum atomic E-state index is 12.2. The monoisotopic (exact) mass is 399 g/mol. The van der Waals surface area contributed by atoms with E-state index in [9.17, 15) is 19.5 Å². The first-order chi connectivity index (χ1) is 13.7. The summed E-state index contributed by atoms with van der Waals surface area (Å²) < 4.78 is 5.76. The average molecular weight is 399 g/mol. The Morgan fingerprint density at radius 1 is 1.28 bits per heavy atom. The molecule has 1 unspecified atom stereocenters. The van der Waals surface area contributed by atoms with Gasteiger partial charge in [-0.05, 0) is 31.6 Å². The first kappa shape index (κ1) is 20.4. The number of anilines is 3. The highest BCUT2D eigenvalue weighted by Gasteiger charge is 2.30. The van der Waals surface area contributed by atoms with E-state index in [1.165, 1.54) is 17.0 Å². The topological polar surface area (TPSA) is 108 Å². The van der Waals surface area contributed by atoms with Crippen LogP contribution in [0.4, 0.5) is 17.1 Å². The van der Waals surface area contributed by atoms with Gasteiger partial charge < -0.3 is 25.4 Å². The Morgan fingerprint density at radius 3 is 2.55 bits per heavy atom. The summed E-state index contributed by atoms with van der Waals surface area (Å²) >= 11 is 0. The van der Waals surface area contributed by atoms with Crippen molar-refractivity contribution in [2.45, 2.75) is 38.8 Å². The molecule has 0 bridgehead atoms. The Morgan fingerprint density at radius 2 is 1.97 bits per heavy atom. The van der Waals surface area contributed by atoms with Crippen molar-refractivity contribution in [2.24, 2.45) is 0 Å². The molecule has 0 aromatic heterocycles. The number of benzene rings is 1. The number of amides is 1. The summed E-state index contributed by atoms with van der Waals surface area (Å²) in [5, 5.41) is 16.4. The molecule has 1 aliphatic rings. The first-order valence-corrected chi connectivity index (χ1v) is 9.48. The zero-order chi connectivity index (χ0) is 21.3. The maximum absolute atomic E-state index is 12.2. The Balaban J connectivity index is 1.84.